The third-order valence-electron chi connectivity index (χ3n) is 5.79. The number of carbonyl (C=O) groups is 2. The molecule has 1 aliphatic rings. The predicted molar refractivity (Wildman–Crippen MR) is 114 cm³/mol. The summed E-state index contributed by atoms with van der Waals surface area (Å²) in [7, 11) is 0. The first-order valence-corrected chi connectivity index (χ1v) is 10.1. The summed E-state index contributed by atoms with van der Waals surface area (Å²) in [6, 6.07) is 5.72. The maximum Gasteiger partial charge on any atom is 0.196 e. The molecule has 1 aliphatic heterocycles. The number of aromatic nitrogens is 1. The number of aryl methyl sites for hydroxylation is 2. The Morgan fingerprint density at radius 2 is 1.75 bits per heavy atom. The van der Waals surface area contributed by atoms with Gasteiger partial charge in [0.05, 0.1) is 11.7 Å². The molecule has 150 valence electrons. The summed E-state index contributed by atoms with van der Waals surface area (Å²) < 4.78 is 0. The zero-order valence-electron chi connectivity index (χ0n) is 17.2. The molecule has 6 heteroatoms. The van der Waals surface area contributed by atoms with Crippen LogP contribution >= 0.6 is 11.6 Å². The number of Topliss-reactive ketones (excluding diaryl/α,β-unsaturated/α-hetero) is 2. The summed E-state index contributed by atoms with van der Waals surface area (Å²) in [6.45, 7) is 12.6. The van der Waals surface area contributed by atoms with Crippen LogP contribution in [0.2, 0.25) is 5.02 Å². The first-order chi connectivity index (χ1) is 13.2. The summed E-state index contributed by atoms with van der Waals surface area (Å²) >= 11 is 6.17. The molecule has 2 aromatic rings. The number of ketones is 2. The Morgan fingerprint density at radius 1 is 1.11 bits per heavy atom. The van der Waals surface area contributed by atoms with Gasteiger partial charge in [0.15, 0.2) is 11.6 Å². The van der Waals surface area contributed by atoms with E-state index in [1.54, 1.807) is 0 Å². The number of piperazine rings is 1. The third-order valence-corrected chi connectivity index (χ3v) is 6.02. The van der Waals surface area contributed by atoms with Crippen molar-refractivity contribution in [2.75, 3.05) is 31.1 Å². The molecule has 0 aliphatic carbocycles. The number of carbonyl (C=O) groups excluding carboxylic acids is 2. The van der Waals surface area contributed by atoms with Gasteiger partial charge < -0.3 is 9.88 Å². The fraction of sp³-hybridized carbons (Fsp3) is 0.455. The molecule has 2 heterocycles. The Bertz CT molecular complexity index is 911. The second-order valence-corrected chi connectivity index (χ2v) is 8.11. The van der Waals surface area contributed by atoms with Crippen molar-refractivity contribution < 1.29 is 9.59 Å². The van der Waals surface area contributed by atoms with E-state index in [-0.39, 0.29) is 17.6 Å². The van der Waals surface area contributed by atoms with Crippen molar-refractivity contribution in [1.82, 2.24) is 9.88 Å². The minimum Gasteiger partial charge on any atom is -0.369 e. The van der Waals surface area contributed by atoms with Crippen LogP contribution in [0.15, 0.2) is 18.2 Å². The van der Waals surface area contributed by atoms with Crippen LogP contribution in [0.4, 0.5) is 5.69 Å². The topological polar surface area (TPSA) is 56.4 Å². The number of H-pyrrole nitrogens is 1. The SMILES string of the molecule is CC(=O)c1c(C)[nH]c(C(=O)[C@H](C)N2CCN(c3cc(Cl)ccc3C)CC2)c1C. The highest BCUT2D eigenvalue weighted by Crippen LogP contribution is 2.26. The standard InChI is InChI=1S/C22H28ClN3O2/c1-13-6-7-18(23)12-19(13)26-10-8-25(9-11-26)16(4)22(28)21-14(2)20(17(5)27)15(3)24-21/h6-7,12,16,24H,8-11H2,1-5H3/t16-/m0/s1. The molecule has 1 aromatic carbocycles. The second kappa shape index (κ2) is 8.10. The van der Waals surface area contributed by atoms with E-state index in [2.05, 4.69) is 21.7 Å². The predicted octanol–water partition coefficient (Wildman–Crippen LogP) is 4.19. The third kappa shape index (κ3) is 3.87. The van der Waals surface area contributed by atoms with Crippen LogP contribution in [0, 0.1) is 20.8 Å². The first kappa shape index (κ1) is 20.6. The zero-order valence-corrected chi connectivity index (χ0v) is 18.0. The van der Waals surface area contributed by atoms with Gasteiger partial charge in [-0.25, -0.2) is 0 Å². The van der Waals surface area contributed by atoms with Gasteiger partial charge in [-0.05, 0) is 57.9 Å². The van der Waals surface area contributed by atoms with Crippen molar-refractivity contribution in [1.29, 1.82) is 0 Å². The van der Waals surface area contributed by atoms with Crippen LogP contribution in [0.5, 0.6) is 0 Å². The molecule has 0 unspecified atom stereocenters. The van der Waals surface area contributed by atoms with Gasteiger partial charge in [-0.2, -0.15) is 0 Å². The maximum absolute atomic E-state index is 13.1. The van der Waals surface area contributed by atoms with Crippen LogP contribution in [-0.2, 0) is 0 Å². The molecular formula is C22H28ClN3O2. The minimum absolute atomic E-state index is 0.0107. The fourth-order valence-electron chi connectivity index (χ4n) is 4.17. The molecule has 1 N–H and O–H groups in total. The Morgan fingerprint density at radius 3 is 2.32 bits per heavy atom. The van der Waals surface area contributed by atoms with E-state index in [9.17, 15) is 9.59 Å². The fourth-order valence-corrected chi connectivity index (χ4v) is 4.34. The Hall–Kier alpha value is -2.11. The number of anilines is 1. The van der Waals surface area contributed by atoms with E-state index in [0.717, 1.165) is 48.1 Å². The van der Waals surface area contributed by atoms with Crippen molar-refractivity contribution in [2.24, 2.45) is 0 Å². The number of hydrogen-bond donors (Lipinski definition) is 1. The Labute approximate surface area is 171 Å². The summed E-state index contributed by atoms with van der Waals surface area (Å²) in [5.74, 6) is 0.0314. The van der Waals surface area contributed by atoms with Crippen molar-refractivity contribution in [3.05, 3.63) is 51.3 Å². The van der Waals surface area contributed by atoms with Crippen LogP contribution < -0.4 is 4.90 Å². The molecule has 28 heavy (non-hydrogen) atoms. The highest BCUT2D eigenvalue weighted by atomic mass is 35.5. The number of nitrogens with zero attached hydrogens (tertiary/aromatic N) is 2. The molecule has 0 radical (unpaired) electrons. The van der Waals surface area contributed by atoms with Gasteiger partial charge in [0.25, 0.3) is 0 Å². The van der Waals surface area contributed by atoms with Gasteiger partial charge in [0.2, 0.25) is 0 Å². The molecule has 3 rings (SSSR count). The minimum atomic E-state index is -0.237. The van der Waals surface area contributed by atoms with Crippen molar-refractivity contribution in [3.63, 3.8) is 0 Å². The lowest BCUT2D eigenvalue weighted by atomic mass is 10.0. The van der Waals surface area contributed by atoms with Gasteiger partial charge in [-0.1, -0.05) is 17.7 Å². The van der Waals surface area contributed by atoms with E-state index in [0.29, 0.717) is 11.3 Å². The average Bonchev–Trinajstić information content (AvgIpc) is 2.97. The van der Waals surface area contributed by atoms with E-state index >= 15 is 0 Å². The normalized spacial score (nSPS) is 16.3. The highest BCUT2D eigenvalue weighted by Gasteiger charge is 2.29. The molecule has 1 aromatic heterocycles. The number of nitrogens with one attached hydrogen (secondary N) is 1. The summed E-state index contributed by atoms with van der Waals surface area (Å²) in [5.41, 5.74) is 5.08. The summed E-state index contributed by atoms with van der Waals surface area (Å²) in [4.78, 5) is 32.6. The Kier molecular flexibility index (Phi) is 5.96. The van der Waals surface area contributed by atoms with Crippen LogP contribution in [0.1, 0.15) is 51.5 Å². The van der Waals surface area contributed by atoms with Crippen LogP contribution in [0.25, 0.3) is 0 Å². The number of hydrogen-bond acceptors (Lipinski definition) is 4. The molecule has 0 saturated carbocycles. The van der Waals surface area contributed by atoms with Crippen LogP contribution in [-0.4, -0.2) is 53.7 Å². The van der Waals surface area contributed by atoms with Gasteiger partial charge in [0, 0.05) is 48.1 Å². The van der Waals surface area contributed by atoms with Crippen molar-refractivity contribution >= 4 is 28.9 Å². The molecule has 0 spiro atoms. The molecule has 5 nitrogen and oxygen atoms in total. The second-order valence-electron chi connectivity index (χ2n) is 7.68. The number of benzene rings is 1. The number of rotatable bonds is 5. The van der Waals surface area contributed by atoms with E-state index in [1.807, 2.05) is 39.0 Å². The molecule has 1 atom stereocenters. The van der Waals surface area contributed by atoms with Crippen LogP contribution in [0.3, 0.4) is 0 Å². The zero-order chi connectivity index (χ0) is 20.6. The lowest BCUT2D eigenvalue weighted by Crippen LogP contribution is -2.52. The number of halogens is 1. The maximum atomic E-state index is 13.1. The van der Waals surface area contributed by atoms with E-state index in [4.69, 9.17) is 11.6 Å². The molecule has 1 saturated heterocycles. The van der Waals surface area contributed by atoms with E-state index < -0.39 is 0 Å². The van der Waals surface area contributed by atoms with Gasteiger partial charge >= 0.3 is 0 Å². The largest absolute Gasteiger partial charge is 0.369 e. The van der Waals surface area contributed by atoms with Crippen molar-refractivity contribution in [2.45, 2.75) is 40.7 Å². The van der Waals surface area contributed by atoms with Gasteiger partial charge in [0.1, 0.15) is 0 Å². The quantitative estimate of drug-likeness (QED) is 0.763. The lowest BCUT2D eigenvalue weighted by molar-refractivity contribution is 0.0824. The number of aromatic amines is 1. The molecule has 0 amide bonds. The molecular weight excluding hydrogens is 374 g/mol. The smallest absolute Gasteiger partial charge is 0.196 e. The monoisotopic (exact) mass is 401 g/mol. The lowest BCUT2D eigenvalue weighted by Gasteiger charge is -2.39. The molecule has 0 bridgehead atoms. The van der Waals surface area contributed by atoms with E-state index in [1.165, 1.54) is 12.5 Å². The molecule has 1 fully saturated rings. The Balaban J connectivity index is 1.71. The van der Waals surface area contributed by atoms with Gasteiger partial charge in [-0.3, -0.25) is 14.5 Å². The highest BCUT2D eigenvalue weighted by molar-refractivity contribution is 6.30. The van der Waals surface area contributed by atoms with Crippen molar-refractivity contribution in [3.8, 4) is 0 Å². The summed E-state index contributed by atoms with van der Waals surface area (Å²) in [5, 5.41) is 0.741. The first-order valence-electron chi connectivity index (χ1n) is 9.70. The van der Waals surface area contributed by atoms with Gasteiger partial charge in [-0.15, -0.1) is 0 Å². The summed E-state index contributed by atoms with van der Waals surface area (Å²) in [6.07, 6.45) is 0. The average molecular weight is 402 g/mol.